The summed E-state index contributed by atoms with van der Waals surface area (Å²) >= 11 is 9.57. The predicted octanol–water partition coefficient (Wildman–Crippen LogP) is 17.5. The van der Waals surface area contributed by atoms with Gasteiger partial charge >= 0.3 is 0 Å². The van der Waals surface area contributed by atoms with Crippen molar-refractivity contribution >= 4 is 155 Å². The van der Waals surface area contributed by atoms with E-state index < -0.39 is 0 Å². The van der Waals surface area contributed by atoms with E-state index in [1.54, 1.807) is 83.4 Å². The molecule has 0 atom stereocenters. The Balaban J connectivity index is 0.740. The number of nitrogens with zero attached hydrogens (tertiary/aromatic N) is 8. The van der Waals surface area contributed by atoms with Gasteiger partial charge in [0.1, 0.15) is 57.5 Å². The van der Waals surface area contributed by atoms with Gasteiger partial charge in [0, 0.05) is 95.4 Å². The lowest BCUT2D eigenvalue weighted by molar-refractivity contribution is 0.103. The molecule has 0 bridgehead atoms. The van der Waals surface area contributed by atoms with Crippen molar-refractivity contribution in [2.45, 2.75) is 38.5 Å². The molecule has 16 rings (SSSR count). The van der Waals surface area contributed by atoms with Crippen LogP contribution in [0.2, 0.25) is 0 Å². The molecular weight excluding hydrogens is 1130 g/mol. The van der Waals surface area contributed by atoms with Crippen LogP contribution in [0.5, 0.6) is 0 Å². The van der Waals surface area contributed by atoms with Crippen LogP contribution in [0, 0.1) is 45.3 Å². The van der Waals surface area contributed by atoms with Crippen LogP contribution in [0.4, 0.5) is 0 Å². The summed E-state index contributed by atoms with van der Waals surface area (Å²) in [5.74, 6) is -0.469. The van der Waals surface area contributed by atoms with Crippen molar-refractivity contribution in [3.05, 3.63) is 187 Å². The summed E-state index contributed by atoms with van der Waals surface area (Å²) in [7, 11) is 0. The number of ketones is 2. The third kappa shape index (κ3) is 6.48. The molecule has 0 N–H and O–H groups in total. The monoisotopic (exact) mass is 1160 g/mol. The first kappa shape index (κ1) is 48.7. The van der Waals surface area contributed by atoms with Crippen LogP contribution in [-0.4, -0.2) is 29.1 Å². The fourth-order valence-corrected chi connectivity index (χ4v) is 19.9. The van der Waals surface area contributed by atoms with E-state index in [1.807, 2.05) is 71.2 Å². The molecule has 6 heterocycles. The Morgan fingerprint density at radius 1 is 0.451 bits per heavy atom. The van der Waals surface area contributed by atoms with Crippen molar-refractivity contribution in [1.82, 2.24) is 17.5 Å². The fourth-order valence-electron chi connectivity index (χ4n) is 13.0. The summed E-state index contributed by atoms with van der Waals surface area (Å²) < 4.78 is 24.1. The summed E-state index contributed by atoms with van der Waals surface area (Å²) in [5, 5.41) is 42.0. The molecule has 0 spiro atoms. The van der Waals surface area contributed by atoms with Crippen molar-refractivity contribution in [2.75, 3.05) is 0 Å². The van der Waals surface area contributed by atoms with Crippen LogP contribution in [0.1, 0.15) is 92.9 Å². The molecule has 10 nitrogen and oxygen atoms in total. The maximum atomic E-state index is 13.8. The van der Waals surface area contributed by atoms with Gasteiger partial charge in [0.05, 0.1) is 32.9 Å². The molecule has 0 aliphatic heterocycles. The second-order valence-corrected chi connectivity index (χ2v) is 27.0. The zero-order chi connectivity index (χ0) is 55.8. The van der Waals surface area contributed by atoms with Gasteiger partial charge in [0.15, 0.2) is 11.6 Å². The van der Waals surface area contributed by atoms with E-state index in [0.717, 1.165) is 66.1 Å². The summed E-state index contributed by atoms with van der Waals surface area (Å²) in [6, 6.07) is 44.2. The molecule has 6 aromatic heterocycles. The molecule has 12 aromatic rings. The van der Waals surface area contributed by atoms with Crippen LogP contribution >= 0.6 is 68.8 Å². The van der Waals surface area contributed by atoms with Crippen molar-refractivity contribution in [3.8, 4) is 66.0 Å². The van der Waals surface area contributed by atoms with Gasteiger partial charge in [-0.25, -0.2) is 0 Å². The minimum atomic E-state index is -0.253. The zero-order valence-electron chi connectivity index (χ0n) is 43.4. The van der Waals surface area contributed by atoms with E-state index >= 15 is 0 Å². The summed E-state index contributed by atoms with van der Waals surface area (Å²) in [6.45, 7) is 9.47. The minimum Gasteiger partial charge on any atom is -0.289 e. The topological polar surface area (TPSA) is 181 Å². The van der Waals surface area contributed by atoms with E-state index in [2.05, 4.69) is 64.1 Å². The first-order valence-electron chi connectivity index (χ1n) is 25.9. The number of hydrogen-bond donors (Lipinski definition) is 0. The van der Waals surface area contributed by atoms with E-state index in [0.29, 0.717) is 66.7 Å². The third-order valence-electron chi connectivity index (χ3n) is 16.8. The first-order chi connectivity index (χ1) is 39.8. The minimum absolute atomic E-state index is 0.108. The number of carbonyl (C=O) groups is 2. The van der Waals surface area contributed by atoms with Crippen molar-refractivity contribution in [3.63, 3.8) is 0 Å². The highest BCUT2D eigenvalue weighted by Crippen LogP contribution is 2.65. The molecular formula is C66H32N8O2S6. The number of thiophene rings is 4. The lowest BCUT2D eigenvalue weighted by atomic mass is 9.81. The molecule has 6 aromatic carbocycles. The lowest BCUT2D eigenvalue weighted by Crippen LogP contribution is -2.15. The van der Waals surface area contributed by atoms with Crippen LogP contribution in [0.3, 0.4) is 0 Å². The molecule has 0 saturated carbocycles. The Labute approximate surface area is 491 Å². The largest absolute Gasteiger partial charge is 0.289 e. The molecule has 0 amide bonds. The van der Waals surface area contributed by atoms with E-state index in [9.17, 15) is 30.6 Å². The van der Waals surface area contributed by atoms with Crippen molar-refractivity contribution < 1.29 is 9.59 Å². The van der Waals surface area contributed by atoms with Crippen LogP contribution in [0.25, 0.3) is 117 Å². The SMILES string of the molecule is CC1(C)c2cc3sc(-c4ccc(/C=C5\C(=O)c6ccccc6C5=C(C#N)C#N)c5nsnc45)cc3cc2-c2sc3c4c(sc3c21)-c1cc2cc(-c3ccc(/C=C5\C(=O)c6ccccc6C5=C(C#N)C#N)c5nsnc35)sc2cc1C4(C)C. The quantitative estimate of drug-likeness (QED) is 0.121. The Bertz CT molecular complexity index is 5030. The summed E-state index contributed by atoms with van der Waals surface area (Å²) in [4.78, 5) is 32.4. The molecule has 384 valence electrons. The highest BCUT2D eigenvalue weighted by Gasteiger charge is 2.46. The van der Waals surface area contributed by atoms with Gasteiger partial charge in [-0.1, -0.05) is 100 Å². The van der Waals surface area contributed by atoms with Crippen molar-refractivity contribution in [1.29, 1.82) is 21.0 Å². The van der Waals surface area contributed by atoms with Gasteiger partial charge < -0.3 is 0 Å². The molecule has 0 unspecified atom stereocenters. The third-order valence-corrected chi connectivity index (χ3v) is 22.7. The van der Waals surface area contributed by atoms with Crippen LogP contribution in [-0.2, 0) is 10.8 Å². The molecule has 0 radical (unpaired) electrons. The molecule has 4 aliphatic carbocycles. The Morgan fingerprint density at radius 3 is 1.24 bits per heavy atom. The maximum Gasteiger partial charge on any atom is 0.194 e. The van der Waals surface area contributed by atoms with Gasteiger partial charge in [-0.15, -0.1) is 45.3 Å². The number of nitriles is 4. The number of aromatic nitrogens is 4. The lowest BCUT2D eigenvalue weighted by Gasteiger charge is -2.22. The molecule has 0 fully saturated rings. The van der Waals surface area contributed by atoms with E-state index in [1.165, 1.54) is 61.9 Å². The summed E-state index contributed by atoms with van der Waals surface area (Å²) in [5.41, 5.74) is 16.7. The number of fused-ring (bicyclic) bond motifs is 15. The number of hydrogen-bond acceptors (Lipinski definition) is 16. The number of benzene rings is 6. The van der Waals surface area contributed by atoms with Crippen LogP contribution < -0.4 is 0 Å². The Morgan fingerprint density at radius 2 is 0.841 bits per heavy atom. The van der Waals surface area contributed by atoms with E-state index in [-0.39, 0.29) is 33.5 Å². The van der Waals surface area contributed by atoms with Crippen LogP contribution in [0.15, 0.2) is 131 Å². The molecule has 0 saturated heterocycles. The second kappa shape index (κ2) is 17.2. The summed E-state index contributed by atoms with van der Waals surface area (Å²) in [6.07, 6.45) is 3.50. The normalized spacial score (nSPS) is 16.0. The average Bonchev–Trinajstić information content (AvgIpc) is 1.69. The van der Waals surface area contributed by atoms with Gasteiger partial charge in [0.2, 0.25) is 0 Å². The smallest absolute Gasteiger partial charge is 0.194 e. The number of carbonyl (C=O) groups excluding carboxylic acids is 2. The van der Waals surface area contributed by atoms with Gasteiger partial charge in [-0.05, 0) is 104 Å². The average molecular weight is 1160 g/mol. The van der Waals surface area contributed by atoms with Gasteiger partial charge in [0.25, 0.3) is 0 Å². The highest BCUT2D eigenvalue weighted by molar-refractivity contribution is 7.32. The first-order valence-corrected chi connectivity index (χ1v) is 30.6. The zero-order valence-corrected chi connectivity index (χ0v) is 48.3. The maximum absolute atomic E-state index is 13.8. The highest BCUT2D eigenvalue weighted by atomic mass is 32.1. The van der Waals surface area contributed by atoms with Crippen molar-refractivity contribution in [2.24, 2.45) is 0 Å². The molecule has 16 heteroatoms. The second-order valence-electron chi connectivity index (χ2n) is 21.8. The number of Topliss-reactive ketones (excluding diaryl/α,β-unsaturated/α-hetero) is 2. The molecule has 4 aliphatic rings. The van der Waals surface area contributed by atoms with Gasteiger partial charge in [-0.2, -0.15) is 38.5 Å². The Kier molecular flexibility index (Phi) is 10.2. The van der Waals surface area contributed by atoms with E-state index in [4.69, 9.17) is 17.5 Å². The Hall–Kier alpha value is -9.20. The number of rotatable bonds is 4. The fraction of sp³-hybridized carbons (Fsp3) is 0.0909. The standard InChI is InChI=1S/C66H32N8O2S6/c1-65(2)45-23-47-31(21-49(77-47)39-15-13-29(55-57(39)73-81-71-55)17-43-51(33(25-67)26-68)35-9-5-7-11-37(35)59(43)75)19-41(45)61-53(65)63-64(79-61)54-62(80-63)42-20-32-22-50(78-48(32)24-46(42)66(54,3)4)40-16-14-30(56-58(40)74-82-72-56)18-44-52(34(27-69)28-70)36-10-6-8-12-38(36)60(44)76/h5-24H,1-4H3/b43-17-,44-18-. The predicted molar refractivity (Wildman–Crippen MR) is 332 cm³/mol. The number of allylic oxidation sites excluding steroid dienone is 6. The van der Waals surface area contributed by atoms with Gasteiger partial charge in [-0.3, -0.25) is 9.59 Å². The molecule has 82 heavy (non-hydrogen) atoms.